The van der Waals surface area contributed by atoms with Crippen molar-refractivity contribution < 1.29 is 0 Å². The Morgan fingerprint density at radius 2 is 1.81 bits per heavy atom. The summed E-state index contributed by atoms with van der Waals surface area (Å²) < 4.78 is 0. The second-order valence-electron chi connectivity index (χ2n) is 4.95. The second-order valence-corrected chi connectivity index (χ2v) is 6.14. The highest BCUT2D eigenvalue weighted by molar-refractivity contribution is 7.99. The molecule has 21 heavy (non-hydrogen) atoms. The lowest BCUT2D eigenvalue weighted by atomic mass is 10.1. The van der Waals surface area contributed by atoms with Gasteiger partial charge in [0, 0.05) is 17.2 Å². The van der Waals surface area contributed by atoms with Gasteiger partial charge in [-0.15, -0.1) is 0 Å². The third-order valence-corrected chi connectivity index (χ3v) is 4.72. The molecule has 0 spiro atoms. The third-order valence-electron chi connectivity index (χ3n) is 3.42. The van der Waals surface area contributed by atoms with E-state index in [-0.39, 0.29) is 5.25 Å². The topological polar surface area (TPSA) is 51.8 Å². The molecule has 1 atom stereocenters. The average molecular weight is 295 g/mol. The van der Waals surface area contributed by atoms with Gasteiger partial charge in [0.15, 0.2) is 0 Å². The van der Waals surface area contributed by atoms with Crippen molar-refractivity contribution in [3.05, 3.63) is 66.0 Å². The number of para-hydroxylation sites is 1. The number of benzene rings is 2. The summed E-state index contributed by atoms with van der Waals surface area (Å²) in [4.78, 5) is 8.74. The van der Waals surface area contributed by atoms with Gasteiger partial charge in [-0.2, -0.15) is 0 Å². The molecule has 3 aromatic rings. The Labute approximate surface area is 128 Å². The van der Waals surface area contributed by atoms with Gasteiger partial charge in [-0.05, 0) is 18.6 Å². The van der Waals surface area contributed by atoms with Crippen molar-refractivity contribution >= 4 is 22.7 Å². The number of nitrogens with two attached hydrogens (primary N) is 1. The molecule has 0 radical (unpaired) electrons. The normalized spacial score (nSPS) is 12.5. The highest BCUT2D eigenvalue weighted by Crippen LogP contribution is 2.36. The summed E-state index contributed by atoms with van der Waals surface area (Å²) in [6.07, 6.45) is 1.62. The maximum absolute atomic E-state index is 5.97. The van der Waals surface area contributed by atoms with E-state index in [4.69, 9.17) is 5.73 Å². The Hall–Kier alpha value is -1.91. The van der Waals surface area contributed by atoms with Crippen LogP contribution < -0.4 is 5.73 Å². The van der Waals surface area contributed by atoms with Gasteiger partial charge in [0.25, 0.3) is 0 Å². The molecule has 1 heterocycles. The van der Waals surface area contributed by atoms with E-state index >= 15 is 0 Å². The van der Waals surface area contributed by atoms with E-state index in [2.05, 4.69) is 47.2 Å². The number of rotatable bonds is 4. The predicted octanol–water partition coefficient (Wildman–Crippen LogP) is 3.73. The van der Waals surface area contributed by atoms with Crippen LogP contribution in [0.15, 0.2) is 59.9 Å². The molecular formula is C17H17N3S. The maximum atomic E-state index is 5.97. The van der Waals surface area contributed by atoms with Crippen LogP contribution in [0.2, 0.25) is 0 Å². The minimum absolute atomic E-state index is 0.198. The van der Waals surface area contributed by atoms with Gasteiger partial charge in [0.05, 0.1) is 5.52 Å². The summed E-state index contributed by atoms with van der Waals surface area (Å²) in [5, 5.41) is 2.26. The fourth-order valence-electron chi connectivity index (χ4n) is 2.24. The first kappa shape index (κ1) is 14.0. The molecule has 0 fully saturated rings. The molecule has 4 heteroatoms. The Morgan fingerprint density at radius 3 is 2.57 bits per heavy atom. The largest absolute Gasteiger partial charge is 0.329 e. The summed E-state index contributed by atoms with van der Waals surface area (Å²) in [5.41, 5.74) is 9.43. The number of aromatic nitrogens is 2. The van der Waals surface area contributed by atoms with Gasteiger partial charge in [0.1, 0.15) is 11.4 Å². The first-order valence-electron chi connectivity index (χ1n) is 6.91. The van der Waals surface area contributed by atoms with Crippen molar-refractivity contribution in [2.24, 2.45) is 5.73 Å². The lowest BCUT2D eigenvalue weighted by Gasteiger charge is -2.15. The summed E-state index contributed by atoms with van der Waals surface area (Å²) in [6.45, 7) is 2.67. The number of hydrogen-bond acceptors (Lipinski definition) is 4. The Bertz CT molecular complexity index is 735. The number of nitrogens with zero attached hydrogens (tertiary/aromatic N) is 2. The van der Waals surface area contributed by atoms with E-state index in [0.717, 1.165) is 15.9 Å². The molecule has 3 rings (SSSR count). The first-order chi connectivity index (χ1) is 10.3. The summed E-state index contributed by atoms with van der Waals surface area (Å²) >= 11 is 1.70. The molecule has 0 amide bonds. The van der Waals surface area contributed by atoms with Crippen LogP contribution in [0.25, 0.3) is 10.9 Å². The lowest BCUT2D eigenvalue weighted by molar-refractivity contribution is 0.934. The van der Waals surface area contributed by atoms with E-state index in [0.29, 0.717) is 6.54 Å². The van der Waals surface area contributed by atoms with Crippen molar-refractivity contribution in [2.45, 2.75) is 17.2 Å². The summed E-state index contributed by atoms with van der Waals surface area (Å²) in [7, 11) is 0. The maximum Gasteiger partial charge on any atom is 0.117 e. The standard InChI is InChI=1S/C17H17N3S/c1-12-6-8-13(9-7-12)16(10-18)21-17-14-4-2-3-5-15(14)19-11-20-17/h2-9,11,16H,10,18H2,1H3. The van der Waals surface area contributed by atoms with Crippen LogP contribution in [0.1, 0.15) is 16.4 Å². The van der Waals surface area contributed by atoms with Gasteiger partial charge >= 0.3 is 0 Å². The van der Waals surface area contributed by atoms with E-state index in [1.807, 2.05) is 18.2 Å². The van der Waals surface area contributed by atoms with Crippen LogP contribution in [0.4, 0.5) is 0 Å². The zero-order chi connectivity index (χ0) is 14.7. The number of thioether (sulfide) groups is 1. The quantitative estimate of drug-likeness (QED) is 0.588. The van der Waals surface area contributed by atoms with E-state index in [1.54, 1.807) is 18.1 Å². The summed E-state index contributed by atoms with van der Waals surface area (Å²) in [5.74, 6) is 0. The monoisotopic (exact) mass is 295 g/mol. The average Bonchev–Trinajstić information content (AvgIpc) is 2.54. The SMILES string of the molecule is Cc1ccc(C(CN)Sc2ncnc3ccccc23)cc1. The molecule has 0 bridgehead atoms. The number of hydrogen-bond donors (Lipinski definition) is 1. The van der Waals surface area contributed by atoms with Crippen molar-refractivity contribution in [3.63, 3.8) is 0 Å². The van der Waals surface area contributed by atoms with Crippen molar-refractivity contribution in [3.8, 4) is 0 Å². The van der Waals surface area contributed by atoms with Crippen LogP contribution in [0, 0.1) is 6.92 Å². The first-order valence-corrected chi connectivity index (χ1v) is 7.79. The third kappa shape index (κ3) is 3.06. The van der Waals surface area contributed by atoms with Crippen LogP contribution in [-0.2, 0) is 0 Å². The van der Waals surface area contributed by atoms with Gasteiger partial charge in [-0.1, -0.05) is 59.8 Å². The predicted molar refractivity (Wildman–Crippen MR) is 88.4 cm³/mol. The lowest BCUT2D eigenvalue weighted by Crippen LogP contribution is -2.09. The molecule has 0 aliphatic rings. The van der Waals surface area contributed by atoms with Crippen LogP contribution in [-0.4, -0.2) is 16.5 Å². The molecular weight excluding hydrogens is 278 g/mol. The van der Waals surface area contributed by atoms with Gasteiger partial charge in [0.2, 0.25) is 0 Å². The van der Waals surface area contributed by atoms with Crippen molar-refractivity contribution in [1.29, 1.82) is 0 Å². The zero-order valence-electron chi connectivity index (χ0n) is 11.9. The molecule has 2 aromatic carbocycles. The smallest absolute Gasteiger partial charge is 0.117 e. The Kier molecular flexibility index (Phi) is 4.18. The van der Waals surface area contributed by atoms with Crippen LogP contribution >= 0.6 is 11.8 Å². The minimum atomic E-state index is 0.198. The molecule has 106 valence electrons. The molecule has 1 unspecified atom stereocenters. The van der Waals surface area contributed by atoms with Crippen LogP contribution in [0.5, 0.6) is 0 Å². The van der Waals surface area contributed by atoms with Gasteiger partial charge in [-0.3, -0.25) is 0 Å². The minimum Gasteiger partial charge on any atom is -0.329 e. The van der Waals surface area contributed by atoms with E-state index in [1.165, 1.54) is 11.1 Å². The molecule has 2 N–H and O–H groups in total. The fourth-order valence-corrected chi connectivity index (χ4v) is 3.31. The Morgan fingerprint density at radius 1 is 1.05 bits per heavy atom. The molecule has 0 aliphatic heterocycles. The molecule has 1 aromatic heterocycles. The molecule has 0 saturated heterocycles. The molecule has 0 saturated carbocycles. The van der Waals surface area contributed by atoms with Crippen molar-refractivity contribution in [2.75, 3.05) is 6.54 Å². The zero-order valence-corrected chi connectivity index (χ0v) is 12.7. The highest BCUT2D eigenvalue weighted by Gasteiger charge is 2.14. The fraction of sp³-hybridized carbons (Fsp3) is 0.176. The van der Waals surface area contributed by atoms with Gasteiger partial charge < -0.3 is 5.73 Å². The molecule has 0 aliphatic carbocycles. The number of aryl methyl sites for hydroxylation is 1. The molecule has 3 nitrogen and oxygen atoms in total. The summed E-state index contributed by atoms with van der Waals surface area (Å²) in [6, 6.07) is 16.6. The van der Waals surface area contributed by atoms with Crippen molar-refractivity contribution in [1.82, 2.24) is 9.97 Å². The Balaban J connectivity index is 1.94. The van der Waals surface area contributed by atoms with Crippen LogP contribution in [0.3, 0.4) is 0 Å². The van der Waals surface area contributed by atoms with Gasteiger partial charge in [-0.25, -0.2) is 9.97 Å². The van der Waals surface area contributed by atoms with E-state index < -0.39 is 0 Å². The highest BCUT2D eigenvalue weighted by atomic mass is 32.2. The van der Waals surface area contributed by atoms with E-state index in [9.17, 15) is 0 Å². The second kappa shape index (κ2) is 6.24. The number of fused-ring (bicyclic) bond motifs is 1.